The highest BCUT2D eigenvalue weighted by molar-refractivity contribution is 5.78. The number of nitrogens with zero attached hydrogens (tertiary/aromatic N) is 2. The molecule has 0 atom stereocenters. The van der Waals surface area contributed by atoms with E-state index in [4.69, 9.17) is 10.00 Å². The SMILES string of the molecule is N#Cc1cccc(OCCN2CCCC2=O)c1. The number of benzene rings is 1. The standard InChI is InChI=1S/C13H14N2O2/c14-10-11-3-1-4-12(9-11)17-8-7-15-6-2-5-13(15)16/h1,3-4,9H,2,5-8H2. The van der Waals surface area contributed by atoms with Gasteiger partial charge in [0.2, 0.25) is 5.91 Å². The second-order valence-corrected chi connectivity index (χ2v) is 3.97. The lowest BCUT2D eigenvalue weighted by Gasteiger charge is -2.15. The third-order valence-electron chi connectivity index (χ3n) is 2.76. The molecule has 0 radical (unpaired) electrons. The fraction of sp³-hybridized carbons (Fsp3) is 0.385. The molecule has 0 aliphatic carbocycles. The van der Waals surface area contributed by atoms with Gasteiger partial charge in [0, 0.05) is 13.0 Å². The van der Waals surface area contributed by atoms with E-state index in [1.807, 2.05) is 11.0 Å². The fourth-order valence-electron chi connectivity index (χ4n) is 1.87. The first kappa shape index (κ1) is 11.5. The van der Waals surface area contributed by atoms with E-state index in [2.05, 4.69) is 6.07 Å². The number of rotatable bonds is 4. The Labute approximate surface area is 100 Å². The first-order valence-corrected chi connectivity index (χ1v) is 5.70. The Balaban J connectivity index is 1.82. The van der Waals surface area contributed by atoms with Crippen molar-refractivity contribution < 1.29 is 9.53 Å². The number of carbonyl (C=O) groups excluding carboxylic acids is 1. The van der Waals surface area contributed by atoms with Gasteiger partial charge in [0.15, 0.2) is 0 Å². The van der Waals surface area contributed by atoms with E-state index in [0.29, 0.717) is 30.9 Å². The molecule has 0 saturated carbocycles. The molecule has 1 saturated heterocycles. The Morgan fingerprint density at radius 1 is 1.47 bits per heavy atom. The Kier molecular flexibility index (Phi) is 3.61. The molecule has 1 fully saturated rings. The molecule has 1 aliphatic rings. The first-order chi connectivity index (χ1) is 8.29. The number of amides is 1. The molecule has 1 heterocycles. The van der Waals surface area contributed by atoms with Crippen LogP contribution in [0.15, 0.2) is 24.3 Å². The summed E-state index contributed by atoms with van der Waals surface area (Å²) < 4.78 is 5.51. The van der Waals surface area contributed by atoms with Crippen LogP contribution >= 0.6 is 0 Å². The second kappa shape index (κ2) is 5.35. The maximum Gasteiger partial charge on any atom is 0.222 e. The Hall–Kier alpha value is -2.02. The highest BCUT2D eigenvalue weighted by Crippen LogP contribution is 2.13. The fourth-order valence-corrected chi connectivity index (χ4v) is 1.87. The Morgan fingerprint density at radius 3 is 3.06 bits per heavy atom. The molecular formula is C13H14N2O2. The minimum Gasteiger partial charge on any atom is -0.492 e. The molecule has 2 rings (SSSR count). The van der Waals surface area contributed by atoms with Gasteiger partial charge < -0.3 is 9.64 Å². The van der Waals surface area contributed by atoms with E-state index in [1.165, 1.54) is 0 Å². The average molecular weight is 230 g/mol. The number of likely N-dealkylation sites (tertiary alicyclic amines) is 1. The number of hydrogen-bond acceptors (Lipinski definition) is 3. The summed E-state index contributed by atoms with van der Waals surface area (Å²) in [6.07, 6.45) is 1.60. The van der Waals surface area contributed by atoms with Crippen molar-refractivity contribution in [2.24, 2.45) is 0 Å². The molecule has 0 spiro atoms. The summed E-state index contributed by atoms with van der Waals surface area (Å²) in [7, 11) is 0. The number of carbonyl (C=O) groups is 1. The van der Waals surface area contributed by atoms with E-state index in [9.17, 15) is 4.79 Å². The van der Waals surface area contributed by atoms with Crippen molar-refractivity contribution in [2.45, 2.75) is 12.8 Å². The largest absolute Gasteiger partial charge is 0.492 e. The maximum absolute atomic E-state index is 11.3. The van der Waals surface area contributed by atoms with Gasteiger partial charge in [-0.15, -0.1) is 0 Å². The molecule has 4 nitrogen and oxygen atoms in total. The zero-order valence-electron chi connectivity index (χ0n) is 9.56. The molecule has 4 heteroatoms. The van der Waals surface area contributed by atoms with Gasteiger partial charge in [-0.1, -0.05) is 6.07 Å². The lowest BCUT2D eigenvalue weighted by Crippen LogP contribution is -2.29. The third kappa shape index (κ3) is 2.97. The highest BCUT2D eigenvalue weighted by Gasteiger charge is 2.19. The number of hydrogen-bond donors (Lipinski definition) is 0. The van der Waals surface area contributed by atoms with Gasteiger partial charge >= 0.3 is 0 Å². The van der Waals surface area contributed by atoms with Crippen molar-refractivity contribution in [2.75, 3.05) is 19.7 Å². The van der Waals surface area contributed by atoms with Crippen LogP contribution in [0.3, 0.4) is 0 Å². The van der Waals surface area contributed by atoms with Crippen LogP contribution in [-0.4, -0.2) is 30.5 Å². The normalized spacial score (nSPS) is 14.8. The summed E-state index contributed by atoms with van der Waals surface area (Å²) in [5, 5.41) is 8.74. The molecule has 88 valence electrons. The molecule has 0 N–H and O–H groups in total. The zero-order chi connectivity index (χ0) is 12.1. The molecule has 0 bridgehead atoms. The van der Waals surface area contributed by atoms with Gasteiger partial charge in [-0.3, -0.25) is 4.79 Å². The van der Waals surface area contributed by atoms with Crippen molar-refractivity contribution in [3.8, 4) is 11.8 Å². The molecule has 1 amide bonds. The number of ether oxygens (including phenoxy) is 1. The monoisotopic (exact) mass is 230 g/mol. The predicted molar refractivity (Wildman–Crippen MR) is 62.5 cm³/mol. The van der Waals surface area contributed by atoms with Gasteiger partial charge in [0.1, 0.15) is 12.4 Å². The minimum atomic E-state index is 0.208. The quantitative estimate of drug-likeness (QED) is 0.788. The van der Waals surface area contributed by atoms with Crippen LogP contribution in [0, 0.1) is 11.3 Å². The molecule has 1 aromatic carbocycles. The van der Waals surface area contributed by atoms with Crippen LogP contribution in [0.5, 0.6) is 5.75 Å². The van der Waals surface area contributed by atoms with Crippen molar-refractivity contribution in [1.82, 2.24) is 4.90 Å². The Bertz CT molecular complexity index is 451. The maximum atomic E-state index is 11.3. The molecule has 1 aliphatic heterocycles. The molecule has 0 unspecified atom stereocenters. The van der Waals surface area contributed by atoms with E-state index in [0.717, 1.165) is 13.0 Å². The average Bonchev–Trinajstić information content (AvgIpc) is 2.76. The van der Waals surface area contributed by atoms with Crippen LogP contribution in [-0.2, 0) is 4.79 Å². The summed E-state index contributed by atoms with van der Waals surface area (Å²) in [6.45, 7) is 1.93. The third-order valence-corrected chi connectivity index (χ3v) is 2.76. The van der Waals surface area contributed by atoms with Crippen molar-refractivity contribution in [3.63, 3.8) is 0 Å². The highest BCUT2D eigenvalue weighted by atomic mass is 16.5. The predicted octanol–water partition coefficient (Wildman–Crippen LogP) is 1.56. The minimum absolute atomic E-state index is 0.208. The molecular weight excluding hydrogens is 216 g/mol. The summed E-state index contributed by atoms with van der Waals surface area (Å²) in [6, 6.07) is 9.09. The van der Waals surface area contributed by atoms with Crippen LogP contribution in [0.2, 0.25) is 0 Å². The second-order valence-electron chi connectivity index (χ2n) is 3.97. The van der Waals surface area contributed by atoms with Crippen LogP contribution in [0.25, 0.3) is 0 Å². The van der Waals surface area contributed by atoms with Crippen LogP contribution in [0.4, 0.5) is 0 Å². The van der Waals surface area contributed by atoms with E-state index >= 15 is 0 Å². The van der Waals surface area contributed by atoms with E-state index < -0.39 is 0 Å². The topological polar surface area (TPSA) is 53.3 Å². The van der Waals surface area contributed by atoms with Gasteiger partial charge in [-0.2, -0.15) is 5.26 Å². The van der Waals surface area contributed by atoms with Gasteiger partial charge in [-0.25, -0.2) is 0 Å². The van der Waals surface area contributed by atoms with Crippen LogP contribution < -0.4 is 4.74 Å². The van der Waals surface area contributed by atoms with Crippen molar-refractivity contribution in [1.29, 1.82) is 5.26 Å². The molecule has 1 aromatic rings. The summed E-state index contributed by atoms with van der Waals surface area (Å²) in [5.74, 6) is 0.884. The number of nitriles is 1. The van der Waals surface area contributed by atoms with E-state index in [-0.39, 0.29) is 5.91 Å². The smallest absolute Gasteiger partial charge is 0.222 e. The van der Waals surface area contributed by atoms with Crippen molar-refractivity contribution in [3.05, 3.63) is 29.8 Å². The summed E-state index contributed by atoms with van der Waals surface area (Å²) in [4.78, 5) is 13.2. The van der Waals surface area contributed by atoms with Gasteiger partial charge in [-0.05, 0) is 24.6 Å². The lowest BCUT2D eigenvalue weighted by molar-refractivity contribution is -0.128. The molecule has 0 aromatic heterocycles. The summed E-state index contributed by atoms with van der Waals surface area (Å²) in [5.41, 5.74) is 0.583. The Morgan fingerprint density at radius 2 is 2.35 bits per heavy atom. The van der Waals surface area contributed by atoms with Gasteiger partial charge in [0.05, 0.1) is 18.2 Å². The lowest BCUT2D eigenvalue weighted by atomic mass is 10.2. The molecule has 17 heavy (non-hydrogen) atoms. The first-order valence-electron chi connectivity index (χ1n) is 5.70. The summed E-state index contributed by atoms with van der Waals surface area (Å²) >= 11 is 0. The van der Waals surface area contributed by atoms with Crippen LogP contribution in [0.1, 0.15) is 18.4 Å². The van der Waals surface area contributed by atoms with E-state index in [1.54, 1.807) is 18.2 Å². The zero-order valence-corrected chi connectivity index (χ0v) is 9.56. The van der Waals surface area contributed by atoms with Gasteiger partial charge in [0.25, 0.3) is 0 Å². The van der Waals surface area contributed by atoms with Crippen molar-refractivity contribution >= 4 is 5.91 Å².